The van der Waals surface area contributed by atoms with Gasteiger partial charge in [-0.1, -0.05) is 6.92 Å². The molecular formula is C13H15F4NO. The molecule has 0 bridgehead atoms. The lowest BCUT2D eigenvalue weighted by Gasteiger charge is -2.36. The Morgan fingerprint density at radius 2 is 1.74 bits per heavy atom. The first-order valence-electron chi connectivity index (χ1n) is 6.26. The van der Waals surface area contributed by atoms with Gasteiger partial charge in [0.05, 0.1) is 0 Å². The Labute approximate surface area is 108 Å². The quantitative estimate of drug-likeness (QED) is 0.659. The van der Waals surface area contributed by atoms with E-state index in [9.17, 15) is 17.6 Å². The number of benzene rings is 1. The van der Waals surface area contributed by atoms with E-state index in [0.29, 0.717) is 12.8 Å². The van der Waals surface area contributed by atoms with Crippen molar-refractivity contribution in [1.29, 1.82) is 0 Å². The van der Waals surface area contributed by atoms with Crippen LogP contribution in [0.15, 0.2) is 6.07 Å². The minimum absolute atomic E-state index is 0.171. The van der Waals surface area contributed by atoms with Crippen LogP contribution in [0, 0.1) is 23.3 Å². The highest BCUT2D eigenvalue weighted by atomic mass is 19.2. The second kappa shape index (κ2) is 5.77. The lowest BCUT2D eigenvalue weighted by atomic mass is 9.89. The molecule has 1 saturated carbocycles. The molecule has 1 aromatic rings. The molecule has 2 rings (SSSR count). The molecule has 0 aromatic heterocycles. The van der Waals surface area contributed by atoms with Crippen LogP contribution in [0.5, 0.6) is 5.75 Å². The number of nitrogens with one attached hydrogen (secondary N) is 1. The van der Waals surface area contributed by atoms with Crippen LogP contribution in [0.3, 0.4) is 0 Å². The third kappa shape index (κ3) is 3.00. The van der Waals surface area contributed by atoms with Crippen molar-refractivity contribution in [3.05, 3.63) is 29.3 Å². The third-order valence-corrected chi connectivity index (χ3v) is 3.13. The number of ether oxygens (including phenoxy) is 1. The molecule has 0 radical (unpaired) electrons. The minimum Gasteiger partial charge on any atom is -0.484 e. The van der Waals surface area contributed by atoms with Crippen LogP contribution in [0.2, 0.25) is 0 Å². The van der Waals surface area contributed by atoms with Gasteiger partial charge in [0.1, 0.15) is 6.10 Å². The summed E-state index contributed by atoms with van der Waals surface area (Å²) < 4.78 is 57.6. The van der Waals surface area contributed by atoms with E-state index >= 15 is 0 Å². The second-order valence-electron chi connectivity index (χ2n) is 4.66. The average Bonchev–Trinajstić information content (AvgIpc) is 2.33. The first kappa shape index (κ1) is 14.1. The first-order valence-corrected chi connectivity index (χ1v) is 6.26. The summed E-state index contributed by atoms with van der Waals surface area (Å²) in [7, 11) is 0. The van der Waals surface area contributed by atoms with Gasteiger partial charge in [0, 0.05) is 12.1 Å². The van der Waals surface area contributed by atoms with E-state index in [1.54, 1.807) is 0 Å². The lowest BCUT2D eigenvalue weighted by Crippen LogP contribution is -2.47. The maximum absolute atomic E-state index is 13.3. The number of hydrogen-bond donors (Lipinski definition) is 1. The molecule has 0 heterocycles. The third-order valence-electron chi connectivity index (χ3n) is 3.13. The fraction of sp³-hybridized carbons (Fsp3) is 0.538. The van der Waals surface area contributed by atoms with Crippen molar-refractivity contribution in [3.8, 4) is 5.75 Å². The minimum atomic E-state index is -1.48. The molecule has 1 aliphatic rings. The molecule has 19 heavy (non-hydrogen) atoms. The molecular weight excluding hydrogens is 262 g/mol. The van der Waals surface area contributed by atoms with E-state index in [1.165, 1.54) is 0 Å². The SMILES string of the molecule is CCCNC1CC(Oc2c(F)c(F)cc(F)c2F)C1. The second-order valence-corrected chi connectivity index (χ2v) is 4.66. The van der Waals surface area contributed by atoms with Gasteiger partial charge in [-0.25, -0.2) is 8.78 Å². The largest absolute Gasteiger partial charge is 0.484 e. The summed E-state index contributed by atoms with van der Waals surface area (Å²) in [5, 5.41) is 3.22. The van der Waals surface area contributed by atoms with E-state index in [1.807, 2.05) is 6.92 Å². The van der Waals surface area contributed by atoms with Crippen molar-refractivity contribution in [2.45, 2.75) is 38.3 Å². The van der Waals surface area contributed by atoms with Crippen LogP contribution in [0.25, 0.3) is 0 Å². The van der Waals surface area contributed by atoms with E-state index in [4.69, 9.17) is 4.74 Å². The summed E-state index contributed by atoms with van der Waals surface area (Å²) in [5.41, 5.74) is 0. The molecule has 6 heteroatoms. The van der Waals surface area contributed by atoms with Gasteiger partial charge >= 0.3 is 0 Å². The molecule has 2 nitrogen and oxygen atoms in total. The predicted molar refractivity (Wildman–Crippen MR) is 62.0 cm³/mol. The van der Waals surface area contributed by atoms with E-state index in [0.717, 1.165) is 13.0 Å². The standard InChI is InChI=1S/C13H15F4NO/c1-2-3-18-7-4-8(5-7)19-13-11(16)9(14)6-10(15)12(13)17/h6-8,18H,2-5H2,1H3. The first-order chi connectivity index (χ1) is 9.02. The number of rotatable bonds is 5. The average molecular weight is 277 g/mol. The smallest absolute Gasteiger partial charge is 0.203 e. The molecule has 106 valence electrons. The Bertz CT molecular complexity index is 434. The lowest BCUT2D eigenvalue weighted by molar-refractivity contribution is 0.0751. The van der Waals surface area contributed by atoms with E-state index in [2.05, 4.69) is 5.32 Å². The van der Waals surface area contributed by atoms with Gasteiger partial charge in [-0.15, -0.1) is 0 Å². The normalized spacial score (nSPS) is 22.2. The highest BCUT2D eigenvalue weighted by Crippen LogP contribution is 2.31. The van der Waals surface area contributed by atoms with Crippen LogP contribution >= 0.6 is 0 Å². The Hall–Kier alpha value is -1.30. The molecule has 1 N–H and O–H groups in total. The summed E-state index contributed by atoms with van der Waals surface area (Å²) in [6.07, 6.45) is 1.70. The predicted octanol–water partition coefficient (Wildman–Crippen LogP) is 3.15. The van der Waals surface area contributed by atoms with Crippen molar-refractivity contribution >= 4 is 0 Å². The summed E-state index contributed by atoms with van der Waals surface area (Å²) in [4.78, 5) is 0. The van der Waals surface area contributed by atoms with Crippen LogP contribution < -0.4 is 10.1 Å². The monoisotopic (exact) mass is 277 g/mol. The maximum atomic E-state index is 13.3. The Kier molecular flexibility index (Phi) is 4.29. The maximum Gasteiger partial charge on any atom is 0.203 e. The fourth-order valence-corrected chi connectivity index (χ4v) is 2.00. The highest BCUT2D eigenvalue weighted by molar-refractivity contribution is 5.29. The molecule has 0 spiro atoms. The van der Waals surface area contributed by atoms with E-state index in [-0.39, 0.29) is 12.1 Å². The Morgan fingerprint density at radius 1 is 1.16 bits per heavy atom. The molecule has 1 aliphatic carbocycles. The van der Waals surface area contributed by atoms with Crippen LogP contribution in [0.1, 0.15) is 26.2 Å². The zero-order valence-electron chi connectivity index (χ0n) is 10.5. The molecule has 1 fully saturated rings. The van der Waals surface area contributed by atoms with Crippen molar-refractivity contribution in [1.82, 2.24) is 5.32 Å². The highest BCUT2D eigenvalue weighted by Gasteiger charge is 2.33. The number of hydrogen-bond acceptors (Lipinski definition) is 2. The molecule has 1 aromatic carbocycles. The van der Waals surface area contributed by atoms with E-state index < -0.39 is 35.1 Å². The van der Waals surface area contributed by atoms with Crippen molar-refractivity contribution in [2.75, 3.05) is 6.54 Å². The molecule has 0 saturated heterocycles. The Morgan fingerprint density at radius 3 is 2.26 bits per heavy atom. The topological polar surface area (TPSA) is 21.3 Å². The summed E-state index contributed by atoms with van der Waals surface area (Å²) in [5.74, 6) is -6.83. The molecule has 0 atom stereocenters. The van der Waals surface area contributed by atoms with Gasteiger partial charge in [-0.05, 0) is 25.8 Å². The van der Waals surface area contributed by atoms with Gasteiger partial charge < -0.3 is 10.1 Å². The van der Waals surface area contributed by atoms with Gasteiger partial charge in [0.15, 0.2) is 17.4 Å². The summed E-state index contributed by atoms with van der Waals surface area (Å²) in [6.45, 7) is 2.88. The summed E-state index contributed by atoms with van der Waals surface area (Å²) >= 11 is 0. The van der Waals surface area contributed by atoms with Crippen molar-refractivity contribution < 1.29 is 22.3 Å². The molecule has 0 unspecified atom stereocenters. The zero-order chi connectivity index (χ0) is 14.0. The van der Waals surface area contributed by atoms with Crippen molar-refractivity contribution in [3.63, 3.8) is 0 Å². The van der Waals surface area contributed by atoms with Gasteiger partial charge in [0.25, 0.3) is 0 Å². The van der Waals surface area contributed by atoms with Gasteiger partial charge in [-0.2, -0.15) is 8.78 Å². The Balaban J connectivity index is 1.98. The van der Waals surface area contributed by atoms with Gasteiger partial charge in [-0.3, -0.25) is 0 Å². The molecule has 0 aliphatic heterocycles. The van der Waals surface area contributed by atoms with Crippen LogP contribution in [-0.2, 0) is 0 Å². The zero-order valence-corrected chi connectivity index (χ0v) is 10.5. The van der Waals surface area contributed by atoms with Gasteiger partial charge in [0.2, 0.25) is 11.6 Å². The number of halogens is 4. The van der Waals surface area contributed by atoms with Crippen LogP contribution in [0.4, 0.5) is 17.6 Å². The summed E-state index contributed by atoms with van der Waals surface area (Å²) in [6, 6.07) is 0.402. The van der Waals surface area contributed by atoms with Crippen molar-refractivity contribution in [2.24, 2.45) is 0 Å². The fourth-order valence-electron chi connectivity index (χ4n) is 2.00. The molecule has 0 amide bonds. The van der Waals surface area contributed by atoms with Crippen LogP contribution in [-0.4, -0.2) is 18.7 Å².